The van der Waals surface area contributed by atoms with Crippen LogP contribution in [0.25, 0.3) is 6.08 Å². The van der Waals surface area contributed by atoms with E-state index in [1.54, 1.807) is 0 Å². The van der Waals surface area contributed by atoms with Crippen molar-refractivity contribution in [3.05, 3.63) is 77.4 Å². The molecule has 0 saturated heterocycles. The zero-order chi connectivity index (χ0) is 14.0. The summed E-state index contributed by atoms with van der Waals surface area (Å²) in [6.07, 6.45) is 8.69. The molecule has 0 amide bonds. The van der Waals surface area contributed by atoms with Gasteiger partial charge in [0.15, 0.2) is 0 Å². The number of aliphatic imine (C=N–C) groups is 1. The van der Waals surface area contributed by atoms with Gasteiger partial charge in [-0.3, -0.25) is 4.99 Å². The van der Waals surface area contributed by atoms with Crippen molar-refractivity contribution >= 4 is 12.3 Å². The summed E-state index contributed by atoms with van der Waals surface area (Å²) in [7, 11) is 0. The van der Waals surface area contributed by atoms with Crippen LogP contribution in [0.1, 0.15) is 36.5 Å². The average Bonchev–Trinajstić information content (AvgIpc) is 2.50. The highest BCUT2D eigenvalue weighted by molar-refractivity contribution is 5.85. The molecule has 0 N–H and O–H groups in total. The highest BCUT2D eigenvalue weighted by Crippen LogP contribution is 2.10. The monoisotopic (exact) mass is 263 g/mol. The van der Waals surface area contributed by atoms with Crippen molar-refractivity contribution in [3.63, 3.8) is 0 Å². The number of nitrogens with zero attached hydrogens (tertiary/aromatic N) is 1. The van der Waals surface area contributed by atoms with Crippen LogP contribution in [-0.4, -0.2) is 6.21 Å². The summed E-state index contributed by atoms with van der Waals surface area (Å²) >= 11 is 0. The van der Waals surface area contributed by atoms with Crippen LogP contribution in [0.3, 0.4) is 0 Å². The van der Waals surface area contributed by atoms with Crippen LogP contribution >= 0.6 is 0 Å². The number of allylic oxidation sites excluding steroid dienone is 1. The molecule has 0 spiro atoms. The van der Waals surface area contributed by atoms with E-state index in [1.807, 2.05) is 24.4 Å². The minimum absolute atomic E-state index is 0.730. The maximum atomic E-state index is 4.54. The fourth-order valence-corrected chi connectivity index (χ4v) is 1.99. The normalized spacial score (nSPS) is 11.4. The molecule has 20 heavy (non-hydrogen) atoms. The standard InChI is InChI=1S/C19H21N/c1-2-3-5-12-18-13-8-9-14-19(18)16-20-15-17-10-6-4-7-11-17/h4-14,16H,2-3,15H2,1H3/b12-5+,20-16?. The average molecular weight is 263 g/mol. The molecule has 0 unspecified atom stereocenters. The van der Waals surface area contributed by atoms with Gasteiger partial charge in [-0.15, -0.1) is 0 Å². The van der Waals surface area contributed by atoms with Gasteiger partial charge in [0, 0.05) is 6.21 Å². The minimum Gasteiger partial charge on any atom is -0.288 e. The van der Waals surface area contributed by atoms with Crippen LogP contribution in [0.5, 0.6) is 0 Å². The fourth-order valence-electron chi connectivity index (χ4n) is 1.99. The first-order chi connectivity index (χ1) is 9.90. The van der Waals surface area contributed by atoms with Gasteiger partial charge in [-0.25, -0.2) is 0 Å². The maximum absolute atomic E-state index is 4.54. The summed E-state index contributed by atoms with van der Waals surface area (Å²) in [5.41, 5.74) is 3.65. The fraction of sp³-hybridized carbons (Fsp3) is 0.211. The third kappa shape index (κ3) is 4.51. The predicted molar refractivity (Wildman–Crippen MR) is 88.1 cm³/mol. The summed E-state index contributed by atoms with van der Waals surface area (Å²) in [5, 5.41) is 0. The Morgan fingerprint density at radius 1 is 0.900 bits per heavy atom. The van der Waals surface area contributed by atoms with Crippen molar-refractivity contribution in [2.24, 2.45) is 4.99 Å². The highest BCUT2D eigenvalue weighted by atomic mass is 14.7. The van der Waals surface area contributed by atoms with E-state index in [9.17, 15) is 0 Å². The quantitative estimate of drug-likeness (QED) is 0.641. The molecule has 1 nitrogen and oxygen atoms in total. The molecule has 1 heteroatoms. The van der Waals surface area contributed by atoms with Crippen molar-refractivity contribution in [1.29, 1.82) is 0 Å². The Bertz CT molecular complexity index is 567. The predicted octanol–water partition coefficient (Wildman–Crippen LogP) is 5.12. The SMILES string of the molecule is CCC/C=C/c1ccccc1C=NCc1ccccc1. The number of benzene rings is 2. The van der Waals surface area contributed by atoms with Gasteiger partial charge in [0.05, 0.1) is 6.54 Å². The van der Waals surface area contributed by atoms with E-state index >= 15 is 0 Å². The Balaban J connectivity index is 2.05. The lowest BCUT2D eigenvalue weighted by Gasteiger charge is -2.00. The largest absolute Gasteiger partial charge is 0.288 e. The van der Waals surface area contributed by atoms with Crippen LogP contribution in [0.4, 0.5) is 0 Å². The van der Waals surface area contributed by atoms with E-state index < -0.39 is 0 Å². The molecule has 2 aromatic rings. The molecule has 0 aromatic heterocycles. The molecule has 2 rings (SSSR count). The topological polar surface area (TPSA) is 12.4 Å². The lowest BCUT2D eigenvalue weighted by molar-refractivity contribution is 0.962. The molecule has 0 heterocycles. The molecule has 0 radical (unpaired) electrons. The summed E-state index contributed by atoms with van der Waals surface area (Å²) in [4.78, 5) is 4.54. The Labute approximate surface area is 121 Å². The molecule has 0 aliphatic heterocycles. The molecule has 0 saturated carbocycles. The molecular weight excluding hydrogens is 242 g/mol. The van der Waals surface area contributed by atoms with Gasteiger partial charge in [-0.1, -0.05) is 80.1 Å². The number of hydrogen-bond acceptors (Lipinski definition) is 1. The molecule has 0 fully saturated rings. The van der Waals surface area contributed by atoms with Gasteiger partial charge in [0.25, 0.3) is 0 Å². The van der Waals surface area contributed by atoms with Gasteiger partial charge < -0.3 is 0 Å². The van der Waals surface area contributed by atoms with Crippen LogP contribution in [0, 0.1) is 0 Å². The van der Waals surface area contributed by atoms with Gasteiger partial charge >= 0.3 is 0 Å². The molecule has 0 aliphatic carbocycles. The Kier molecular flexibility index (Phi) is 5.78. The Hall–Kier alpha value is -2.15. The first kappa shape index (κ1) is 14.3. The van der Waals surface area contributed by atoms with Crippen LogP contribution < -0.4 is 0 Å². The maximum Gasteiger partial charge on any atom is 0.0639 e. The second-order valence-electron chi connectivity index (χ2n) is 4.78. The smallest absolute Gasteiger partial charge is 0.0639 e. The summed E-state index contributed by atoms with van der Waals surface area (Å²) < 4.78 is 0. The third-order valence-corrected chi connectivity index (χ3v) is 3.10. The third-order valence-electron chi connectivity index (χ3n) is 3.10. The van der Waals surface area contributed by atoms with Gasteiger partial charge in [-0.05, 0) is 23.1 Å². The molecule has 0 aliphatic rings. The first-order valence-corrected chi connectivity index (χ1v) is 7.19. The zero-order valence-electron chi connectivity index (χ0n) is 12.0. The van der Waals surface area contributed by atoms with E-state index in [-0.39, 0.29) is 0 Å². The lowest BCUT2D eigenvalue weighted by Crippen LogP contribution is -1.88. The molecule has 2 aromatic carbocycles. The van der Waals surface area contributed by atoms with Crippen molar-refractivity contribution in [2.45, 2.75) is 26.3 Å². The van der Waals surface area contributed by atoms with Crippen LogP contribution in [0.2, 0.25) is 0 Å². The summed E-state index contributed by atoms with van der Waals surface area (Å²) in [6.45, 7) is 2.92. The van der Waals surface area contributed by atoms with E-state index in [4.69, 9.17) is 0 Å². The van der Waals surface area contributed by atoms with Crippen molar-refractivity contribution in [2.75, 3.05) is 0 Å². The highest BCUT2D eigenvalue weighted by Gasteiger charge is 1.94. The molecule has 102 valence electrons. The minimum atomic E-state index is 0.730. The Morgan fingerprint density at radius 3 is 2.35 bits per heavy atom. The van der Waals surface area contributed by atoms with Crippen LogP contribution in [0.15, 0.2) is 65.7 Å². The summed E-state index contributed by atoms with van der Waals surface area (Å²) in [5.74, 6) is 0. The number of hydrogen-bond donors (Lipinski definition) is 0. The number of unbranched alkanes of at least 4 members (excludes halogenated alkanes) is 1. The number of rotatable bonds is 6. The van der Waals surface area contributed by atoms with Crippen LogP contribution in [-0.2, 0) is 6.54 Å². The van der Waals surface area contributed by atoms with Crippen molar-refractivity contribution < 1.29 is 0 Å². The molecular formula is C19H21N. The molecule has 0 bridgehead atoms. The van der Waals surface area contributed by atoms with Crippen molar-refractivity contribution in [3.8, 4) is 0 Å². The molecule has 0 atom stereocenters. The van der Waals surface area contributed by atoms with Crippen molar-refractivity contribution in [1.82, 2.24) is 0 Å². The van der Waals surface area contributed by atoms with Gasteiger partial charge in [0.1, 0.15) is 0 Å². The summed E-state index contributed by atoms with van der Waals surface area (Å²) in [6, 6.07) is 18.7. The first-order valence-electron chi connectivity index (χ1n) is 7.19. The van der Waals surface area contributed by atoms with E-state index in [2.05, 4.69) is 60.5 Å². The van der Waals surface area contributed by atoms with E-state index in [0.29, 0.717) is 0 Å². The second kappa shape index (κ2) is 8.11. The lowest BCUT2D eigenvalue weighted by atomic mass is 10.1. The van der Waals surface area contributed by atoms with E-state index in [1.165, 1.54) is 23.1 Å². The Morgan fingerprint density at radius 2 is 1.60 bits per heavy atom. The second-order valence-corrected chi connectivity index (χ2v) is 4.78. The van der Waals surface area contributed by atoms with Gasteiger partial charge in [0.2, 0.25) is 0 Å². The zero-order valence-corrected chi connectivity index (χ0v) is 12.0. The van der Waals surface area contributed by atoms with E-state index in [0.717, 1.165) is 13.0 Å². The van der Waals surface area contributed by atoms with Gasteiger partial charge in [-0.2, -0.15) is 0 Å².